The van der Waals surface area contributed by atoms with Gasteiger partial charge in [-0.25, -0.2) is 9.67 Å². The van der Waals surface area contributed by atoms with Crippen molar-refractivity contribution in [2.75, 3.05) is 13.2 Å². The summed E-state index contributed by atoms with van der Waals surface area (Å²) >= 11 is 0. The van der Waals surface area contributed by atoms with Gasteiger partial charge in [0.15, 0.2) is 5.65 Å². The molecule has 0 bridgehead atoms. The van der Waals surface area contributed by atoms with Crippen LogP contribution in [0.15, 0.2) is 17.3 Å². The van der Waals surface area contributed by atoms with Gasteiger partial charge in [0.1, 0.15) is 5.39 Å². The average molecular weight is 342 g/mol. The highest BCUT2D eigenvalue weighted by atomic mass is 17.0. The predicted molar refractivity (Wildman–Crippen MR) is 76.9 cm³/mol. The normalized spacial score (nSPS) is 10.7. The number of hydrogen-bond acceptors (Lipinski definition) is 9. The van der Waals surface area contributed by atoms with Gasteiger partial charge in [0.25, 0.3) is 15.7 Å². The smallest absolute Gasteiger partial charge is 0.294 e. The molecule has 0 unspecified atom stereocenters. The fourth-order valence-corrected chi connectivity index (χ4v) is 2.05. The first kappa shape index (κ1) is 17.1. The second-order valence-corrected chi connectivity index (χ2v) is 4.67. The fourth-order valence-electron chi connectivity index (χ4n) is 2.05. The molecular weight excluding hydrogens is 328 g/mol. The Kier molecular flexibility index (Phi) is 5.59. The van der Waals surface area contributed by atoms with Crippen molar-refractivity contribution in [2.45, 2.75) is 25.9 Å². The largest absolute Gasteiger partial charge is 0.314 e. The molecule has 0 saturated carbocycles. The summed E-state index contributed by atoms with van der Waals surface area (Å²) in [5.74, 6) is 0. The Morgan fingerprint density at radius 3 is 2.33 bits per heavy atom. The van der Waals surface area contributed by atoms with Crippen LogP contribution >= 0.6 is 0 Å². The maximum Gasteiger partial charge on any atom is 0.294 e. The van der Waals surface area contributed by atoms with Crippen molar-refractivity contribution in [2.24, 2.45) is 0 Å². The molecule has 24 heavy (non-hydrogen) atoms. The average Bonchev–Trinajstić information content (AvgIpc) is 2.93. The second kappa shape index (κ2) is 7.85. The molecule has 2 aromatic rings. The third-order valence-corrected chi connectivity index (χ3v) is 3.07. The molecule has 13 heteroatoms. The number of hydrogen-bond donors (Lipinski definition) is 0. The highest BCUT2D eigenvalue weighted by Gasteiger charge is 2.10. The Balaban J connectivity index is 2.00. The third-order valence-electron chi connectivity index (χ3n) is 3.07. The van der Waals surface area contributed by atoms with Crippen LogP contribution in [0.2, 0.25) is 0 Å². The summed E-state index contributed by atoms with van der Waals surface area (Å²) < 4.78 is 2.77. The van der Waals surface area contributed by atoms with E-state index in [4.69, 9.17) is 0 Å². The summed E-state index contributed by atoms with van der Waals surface area (Å²) in [4.78, 5) is 44.9. The van der Waals surface area contributed by atoms with Gasteiger partial charge in [0, 0.05) is 13.1 Å². The van der Waals surface area contributed by atoms with E-state index < -0.39 is 10.2 Å². The van der Waals surface area contributed by atoms with Crippen LogP contribution in [0.25, 0.3) is 11.0 Å². The minimum atomic E-state index is -0.892. The minimum absolute atomic E-state index is 0.0815. The molecule has 2 rings (SSSR count). The third kappa shape index (κ3) is 4.37. The van der Waals surface area contributed by atoms with Crippen LogP contribution in [0.3, 0.4) is 0 Å². The van der Waals surface area contributed by atoms with Crippen LogP contribution in [-0.2, 0) is 22.8 Å². The van der Waals surface area contributed by atoms with Gasteiger partial charge in [-0.3, -0.25) is 9.36 Å². The number of nitrogens with zero attached hydrogens (tertiary/aromatic N) is 6. The van der Waals surface area contributed by atoms with Crippen LogP contribution in [0, 0.1) is 20.2 Å². The van der Waals surface area contributed by atoms with E-state index in [2.05, 4.69) is 19.8 Å². The Morgan fingerprint density at radius 1 is 1.08 bits per heavy atom. The first-order chi connectivity index (χ1) is 11.5. The zero-order valence-corrected chi connectivity index (χ0v) is 12.4. The molecule has 0 aliphatic heterocycles. The van der Waals surface area contributed by atoms with Crippen LogP contribution in [0.1, 0.15) is 12.8 Å². The summed E-state index contributed by atoms with van der Waals surface area (Å²) in [6.07, 6.45) is 3.30. The van der Waals surface area contributed by atoms with Crippen molar-refractivity contribution in [1.29, 1.82) is 0 Å². The minimum Gasteiger partial charge on any atom is -0.314 e. The second-order valence-electron chi connectivity index (χ2n) is 4.67. The predicted octanol–water partition coefficient (Wildman–Crippen LogP) is -0.210. The maximum atomic E-state index is 12.3. The van der Waals surface area contributed by atoms with Crippen molar-refractivity contribution >= 4 is 11.0 Å². The van der Waals surface area contributed by atoms with Gasteiger partial charge in [0.2, 0.25) is 0 Å². The number of fused-ring (bicyclic) bond motifs is 1. The van der Waals surface area contributed by atoms with E-state index in [1.165, 1.54) is 21.8 Å². The SMILES string of the molecule is O=c1c2cnn(CCCO[N+](=O)[O-])c2ncn1CCCO[N+](=O)[O-]. The molecule has 2 heterocycles. The molecule has 0 amide bonds. The van der Waals surface area contributed by atoms with Gasteiger partial charge in [-0.1, -0.05) is 0 Å². The van der Waals surface area contributed by atoms with Gasteiger partial charge in [-0.2, -0.15) is 5.10 Å². The topological polar surface area (TPSA) is 157 Å². The van der Waals surface area contributed by atoms with E-state index >= 15 is 0 Å². The van der Waals surface area contributed by atoms with Gasteiger partial charge in [-0.15, -0.1) is 20.2 Å². The summed E-state index contributed by atoms with van der Waals surface area (Å²) in [7, 11) is 0. The monoisotopic (exact) mass is 342 g/mol. The number of aryl methyl sites for hydroxylation is 2. The molecule has 0 aliphatic rings. The van der Waals surface area contributed by atoms with Gasteiger partial charge < -0.3 is 9.68 Å². The lowest BCUT2D eigenvalue weighted by Crippen LogP contribution is -2.21. The van der Waals surface area contributed by atoms with Gasteiger partial charge in [-0.05, 0) is 12.8 Å². The zero-order valence-electron chi connectivity index (χ0n) is 12.4. The summed E-state index contributed by atoms with van der Waals surface area (Å²) in [5, 5.41) is 22.7. The quantitative estimate of drug-likeness (QED) is 0.323. The van der Waals surface area contributed by atoms with E-state index in [0.717, 1.165) is 0 Å². The van der Waals surface area contributed by atoms with Crippen molar-refractivity contribution in [3.05, 3.63) is 43.1 Å². The molecule has 0 atom stereocenters. The molecule has 0 radical (unpaired) electrons. The first-order valence-corrected chi connectivity index (χ1v) is 6.94. The van der Waals surface area contributed by atoms with Crippen molar-refractivity contribution in [1.82, 2.24) is 19.3 Å². The summed E-state index contributed by atoms with van der Waals surface area (Å²) in [5.41, 5.74) is 0.0350. The van der Waals surface area contributed by atoms with Crippen LogP contribution in [0.5, 0.6) is 0 Å². The van der Waals surface area contributed by atoms with E-state index in [9.17, 15) is 25.0 Å². The molecular formula is C11H14N6O7. The molecule has 0 spiro atoms. The lowest BCUT2D eigenvalue weighted by atomic mass is 10.4. The fraction of sp³-hybridized carbons (Fsp3) is 0.545. The number of aromatic nitrogens is 4. The molecule has 0 saturated heterocycles. The standard InChI is InChI=1S/C11H14N6O7/c18-11-9-7-13-15(4-2-6-24-17(21)22)10(9)12-8-14(11)3-1-5-23-16(19)20/h7-8H,1-6H2. The zero-order chi connectivity index (χ0) is 17.5. The molecule has 13 nitrogen and oxygen atoms in total. The molecule has 2 aromatic heterocycles. The summed E-state index contributed by atoms with van der Waals surface area (Å²) in [6.45, 7) is 0.330. The van der Waals surface area contributed by atoms with E-state index in [1.807, 2.05) is 0 Å². The lowest BCUT2D eigenvalue weighted by Gasteiger charge is -2.06. The highest BCUT2D eigenvalue weighted by Crippen LogP contribution is 2.06. The van der Waals surface area contributed by atoms with E-state index in [1.54, 1.807) is 0 Å². The summed E-state index contributed by atoms with van der Waals surface area (Å²) in [6, 6.07) is 0. The van der Waals surface area contributed by atoms with Gasteiger partial charge in [0.05, 0.1) is 25.7 Å². The van der Waals surface area contributed by atoms with Crippen LogP contribution in [-0.4, -0.2) is 42.7 Å². The molecule has 0 N–H and O–H groups in total. The molecule has 0 aromatic carbocycles. The van der Waals surface area contributed by atoms with E-state index in [-0.39, 0.29) is 31.7 Å². The number of rotatable bonds is 10. The lowest BCUT2D eigenvalue weighted by molar-refractivity contribution is -0.757. The Hall–Kier alpha value is -3.25. The van der Waals surface area contributed by atoms with E-state index in [0.29, 0.717) is 24.0 Å². The molecule has 0 aliphatic carbocycles. The van der Waals surface area contributed by atoms with Crippen molar-refractivity contribution < 1.29 is 19.8 Å². The van der Waals surface area contributed by atoms with Crippen molar-refractivity contribution in [3.8, 4) is 0 Å². The van der Waals surface area contributed by atoms with Crippen LogP contribution in [0.4, 0.5) is 0 Å². The van der Waals surface area contributed by atoms with Crippen molar-refractivity contribution in [3.63, 3.8) is 0 Å². The first-order valence-electron chi connectivity index (χ1n) is 6.94. The Bertz CT molecular complexity index is 785. The van der Waals surface area contributed by atoms with Crippen LogP contribution < -0.4 is 5.56 Å². The Morgan fingerprint density at radius 2 is 1.71 bits per heavy atom. The van der Waals surface area contributed by atoms with Gasteiger partial charge >= 0.3 is 0 Å². The maximum absolute atomic E-state index is 12.3. The Labute approximate surface area is 133 Å². The highest BCUT2D eigenvalue weighted by molar-refractivity contribution is 5.72. The molecule has 0 fully saturated rings. The molecule has 130 valence electrons.